The van der Waals surface area contributed by atoms with Crippen molar-refractivity contribution in [3.63, 3.8) is 0 Å². The summed E-state index contributed by atoms with van der Waals surface area (Å²) in [4.78, 5) is 14.4. The molecular formula is C12H13NO4S. The molecule has 0 atom stereocenters. The molecule has 1 aliphatic rings. The molecule has 0 unspecified atom stereocenters. The van der Waals surface area contributed by atoms with E-state index in [0.29, 0.717) is 18.4 Å². The van der Waals surface area contributed by atoms with E-state index in [9.17, 15) is 13.2 Å². The first-order valence-corrected chi connectivity index (χ1v) is 7.30. The van der Waals surface area contributed by atoms with E-state index in [1.54, 1.807) is 18.2 Å². The Balaban J connectivity index is 2.67. The van der Waals surface area contributed by atoms with Crippen molar-refractivity contribution in [2.24, 2.45) is 4.99 Å². The van der Waals surface area contributed by atoms with Crippen LogP contribution >= 0.6 is 0 Å². The number of para-hydroxylation sites is 1. The van der Waals surface area contributed by atoms with E-state index in [1.807, 2.05) is 0 Å². The number of benzene rings is 1. The molecule has 1 aliphatic carbocycles. The minimum Gasteiger partial charge on any atom is -0.495 e. The maximum atomic E-state index is 11.7. The fraction of sp³-hybridized carbons (Fsp3) is 0.417. The van der Waals surface area contributed by atoms with E-state index >= 15 is 0 Å². The van der Waals surface area contributed by atoms with Crippen LogP contribution in [0.25, 0.3) is 0 Å². The highest BCUT2D eigenvalue weighted by Gasteiger charge is 2.47. The van der Waals surface area contributed by atoms with Gasteiger partial charge in [-0.05, 0) is 18.9 Å². The molecule has 0 amide bonds. The fourth-order valence-electron chi connectivity index (χ4n) is 2.03. The molecule has 1 aromatic carbocycles. The van der Waals surface area contributed by atoms with E-state index in [4.69, 9.17) is 4.74 Å². The highest BCUT2D eigenvalue weighted by atomic mass is 32.2. The van der Waals surface area contributed by atoms with Gasteiger partial charge in [0, 0.05) is 11.8 Å². The van der Waals surface area contributed by atoms with Crippen LogP contribution in [0.15, 0.2) is 28.1 Å². The summed E-state index contributed by atoms with van der Waals surface area (Å²) >= 11 is 0. The number of sulfone groups is 1. The van der Waals surface area contributed by atoms with Crippen LogP contribution < -0.4 is 4.74 Å². The predicted molar refractivity (Wildman–Crippen MR) is 65.1 cm³/mol. The van der Waals surface area contributed by atoms with Crippen LogP contribution in [0.4, 0.5) is 0 Å². The van der Waals surface area contributed by atoms with E-state index in [-0.39, 0.29) is 10.6 Å². The summed E-state index contributed by atoms with van der Waals surface area (Å²) in [6.07, 6.45) is 4.07. The van der Waals surface area contributed by atoms with E-state index in [2.05, 4.69) is 4.99 Å². The molecule has 96 valence electrons. The molecule has 1 aromatic rings. The van der Waals surface area contributed by atoms with Crippen LogP contribution in [-0.2, 0) is 20.2 Å². The second kappa shape index (κ2) is 4.23. The molecule has 0 radical (unpaired) electrons. The van der Waals surface area contributed by atoms with Gasteiger partial charge in [0.25, 0.3) is 0 Å². The lowest BCUT2D eigenvalue weighted by Gasteiger charge is -2.16. The number of rotatable bonds is 4. The largest absolute Gasteiger partial charge is 0.495 e. The number of hydrogen-bond donors (Lipinski definition) is 0. The smallest absolute Gasteiger partial charge is 0.235 e. The minimum absolute atomic E-state index is 0.120. The molecule has 0 bridgehead atoms. The van der Waals surface area contributed by atoms with Gasteiger partial charge in [-0.1, -0.05) is 12.1 Å². The van der Waals surface area contributed by atoms with Crippen LogP contribution in [0.5, 0.6) is 5.75 Å². The predicted octanol–water partition coefficient (Wildman–Crippen LogP) is 1.42. The molecule has 1 fully saturated rings. The van der Waals surface area contributed by atoms with Crippen molar-refractivity contribution >= 4 is 15.9 Å². The van der Waals surface area contributed by atoms with Gasteiger partial charge in [-0.15, -0.1) is 0 Å². The van der Waals surface area contributed by atoms with Gasteiger partial charge in [-0.25, -0.2) is 13.2 Å². The first-order valence-electron chi connectivity index (χ1n) is 5.41. The summed E-state index contributed by atoms with van der Waals surface area (Å²) in [6, 6.07) is 4.86. The average Bonchev–Trinajstić information content (AvgIpc) is 3.08. The van der Waals surface area contributed by atoms with E-state index in [1.165, 1.54) is 13.2 Å². The van der Waals surface area contributed by atoms with Crippen molar-refractivity contribution in [2.75, 3.05) is 13.4 Å². The molecule has 6 heteroatoms. The Hall–Kier alpha value is -1.65. The average molecular weight is 267 g/mol. The van der Waals surface area contributed by atoms with Gasteiger partial charge in [0.1, 0.15) is 16.2 Å². The summed E-state index contributed by atoms with van der Waals surface area (Å²) in [5.74, 6) is 0.275. The molecule has 0 N–H and O–H groups in total. The number of methoxy groups -OCH3 is 1. The third-order valence-corrected chi connectivity index (χ3v) is 4.19. The van der Waals surface area contributed by atoms with Gasteiger partial charge in [0.15, 0.2) is 9.84 Å². The lowest BCUT2D eigenvalue weighted by atomic mass is 10.0. The zero-order valence-corrected chi connectivity index (χ0v) is 11.0. The van der Waals surface area contributed by atoms with Crippen molar-refractivity contribution in [3.05, 3.63) is 23.8 Å². The van der Waals surface area contributed by atoms with Crippen molar-refractivity contribution < 1.29 is 17.9 Å². The van der Waals surface area contributed by atoms with E-state index < -0.39 is 15.4 Å². The SMILES string of the molecule is COc1c(C2(N=C=O)CC2)cccc1S(C)(=O)=O. The Kier molecular flexibility index (Phi) is 3.00. The summed E-state index contributed by atoms with van der Waals surface area (Å²) in [6.45, 7) is 0. The zero-order chi connectivity index (χ0) is 13.4. The number of carbonyl (C=O) groups excluding carboxylic acids is 1. The van der Waals surface area contributed by atoms with Gasteiger partial charge >= 0.3 is 0 Å². The van der Waals surface area contributed by atoms with Crippen LogP contribution in [0.2, 0.25) is 0 Å². The van der Waals surface area contributed by atoms with Crippen molar-refractivity contribution in [2.45, 2.75) is 23.3 Å². The van der Waals surface area contributed by atoms with Gasteiger partial charge < -0.3 is 4.74 Å². The Morgan fingerprint density at radius 2 is 2.06 bits per heavy atom. The molecule has 0 spiro atoms. The van der Waals surface area contributed by atoms with Crippen LogP contribution in [-0.4, -0.2) is 27.9 Å². The van der Waals surface area contributed by atoms with Crippen molar-refractivity contribution in [3.8, 4) is 5.75 Å². The van der Waals surface area contributed by atoms with Crippen LogP contribution in [0.3, 0.4) is 0 Å². The zero-order valence-electron chi connectivity index (χ0n) is 10.1. The molecule has 2 rings (SSSR count). The summed E-state index contributed by atoms with van der Waals surface area (Å²) < 4.78 is 28.6. The van der Waals surface area contributed by atoms with Gasteiger partial charge in [-0.2, -0.15) is 4.99 Å². The standard InChI is InChI=1S/C12H13NO4S/c1-17-11-9(12(6-7-12)13-8-14)4-3-5-10(11)18(2,15)16/h3-5H,6-7H2,1-2H3. The Labute approximate surface area is 105 Å². The number of isocyanates is 1. The minimum atomic E-state index is -3.38. The molecule has 0 heterocycles. The van der Waals surface area contributed by atoms with Crippen molar-refractivity contribution in [1.82, 2.24) is 0 Å². The maximum absolute atomic E-state index is 11.7. The monoisotopic (exact) mass is 267 g/mol. The second-order valence-corrected chi connectivity index (χ2v) is 6.33. The third-order valence-electron chi connectivity index (χ3n) is 3.07. The first-order chi connectivity index (χ1) is 8.44. The molecule has 0 aromatic heterocycles. The normalized spacial score (nSPS) is 16.8. The highest BCUT2D eigenvalue weighted by molar-refractivity contribution is 7.90. The number of ether oxygens (including phenoxy) is 1. The highest BCUT2D eigenvalue weighted by Crippen LogP contribution is 2.53. The molecular weight excluding hydrogens is 254 g/mol. The lowest BCUT2D eigenvalue weighted by Crippen LogP contribution is -2.09. The Bertz CT molecular complexity index is 625. The van der Waals surface area contributed by atoms with Gasteiger partial charge in [0.05, 0.1) is 7.11 Å². The quantitative estimate of drug-likeness (QED) is 0.611. The summed E-state index contributed by atoms with van der Waals surface area (Å²) in [5.41, 5.74) is -0.00961. The van der Waals surface area contributed by atoms with Crippen LogP contribution in [0.1, 0.15) is 18.4 Å². The number of nitrogens with zero attached hydrogens (tertiary/aromatic N) is 1. The summed E-state index contributed by atoms with van der Waals surface area (Å²) in [5, 5.41) is 0. The fourth-order valence-corrected chi connectivity index (χ4v) is 2.89. The molecule has 5 nitrogen and oxygen atoms in total. The molecule has 0 saturated heterocycles. The topological polar surface area (TPSA) is 72.8 Å². The Morgan fingerprint density at radius 1 is 1.39 bits per heavy atom. The molecule has 1 saturated carbocycles. The third kappa shape index (κ3) is 2.05. The molecule has 18 heavy (non-hydrogen) atoms. The lowest BCUT2D eigenvalue weighted by molar-refractivity contribution is 0.392. The van der Waals surface area contributed by atoms with E-state index in [0.717, 1.165) is 6.26 Å². The number of hydrogen-bond acceptors (Lipinski definition) is 5. The van der Waals surface area contributed by atoms with Crippen LogP contribution in [0, 0.1) is 0 Å². The first kappa shape index (κ1) is 12.8. The Morgan fingerprint density at radius 3 is 2.50 bits per heavy atom. The van der Waals surface area contributed by atoms with Crippen molar-refractivity contribution in [1.29, 1.82) is 0 Å². The number of aliphatic imine (C=N–C) groups is 1. The summed E-state index contributed by atoms with van der Waals surface area (Å²) in [7, 11) is -1.97. The maximum Gasteiger partial charge on any atom is 0.235 e. The van der Waals surface area contributed by atoms with Gasteiger partial charge in [0.2, 0.25) is 6.08 Å². The molecule has 0 aliphatic heterocycles. The second-order valence-electron chi connectivity index (χ2n) is 4.34. The van der Waals surface area contributed by atoms with Gasteiger partial charge in [-0.3, -0.25) is 0 Å².